The normalized spacial score (nSPS) is 10.8. The molecule has 0 atom stereocenters. The predicted octanol–water partition coefficient (Wildman–Crippen LogP) is 6.92. The maximum Gasteiger partial charge on any atom is 0.275 e. The van der Waals surface area contributed by atoms with Crippen molar-refractivity contribution in [3.63, 3.8) is 0 Å². The molecule has 4 aromatic rings. The molecule has 0 aromatic heterocycles. The van der Waals surface area contributed by atoms with Gasteiger partial charge >= 0.3 is 0 Å². The molecular formula is C28H22Cl2N2O3. The molecule has 0 aliphatic carbocycles. The molecule has 4 aromatic carbocycles. The van der Waals surface area contributed by atoms with Gasteiger partial charge in [0.2, 0.25) is 0 Å². The Morgan fingerprint density at radius 3 is 2.46 bits per heavy atom. The largest absolute Gasteiger partial charge is 0.489 e. The lowest BCUT2D eigenvalue weighted by Gasteiger charge is -2.11. The van der Waals surface area contributed by atoms with Crippen LogP contribution < -0.4 is 14.9 Å². The molecule has 0 bridgehead atoms. The van der Waals surface area contributed by atoms with Gasteiger partial charge in [-0.25, -0.2) is 5.43 Å². The van der Waals surface area contributed by atoms with Gasteiger partial charge in [-0.2, -0.15) is 5.10 Å². The summed E-state index contributed by atoms with van der Waals surface area (Å²) in [5.74, 6) is 0.738. The van der Waals surface area contributed by atoms with Crippen LogP contribution >= 0.6 is 23.2 Å². The van der Waals surface area contributed by atoms with E-state index >= 15 is 0 Å². The minimum Gasteiger partial charge on any atom is -0.489 e. The fourth-order valence-corrected chi connectivity index (χ4v) is 3.69. The van der Waals surface area contributed by atoms with Crippen molar-refractivity contribution in [3.05, 3.63) is 129 Å². The molecule has 0 saturated heterocycles. The van der Waals surface area contributed by atoms with Crippen LogP contribution in [0.25, 0.3) is 0 Å². The van der Waals surface area contributed by atoms with Gasteiger partial charge in [-0.05, 0) is 47.5 Å². The minimum atomic E-state index is -0.393. The lowest BCUT2D eigenvalue weighted by atomic mass is 10.2. The molecular weight excluding hydrogens is 483 g/mol. The average molecular weight is 505 g/mol. The summed E-state index contributed by atoms with van der Waals surface area (Å²) < 4.78 is 11.7. The third-order valence-corrected chi connectivity index (χ3v) is 5.60. The first kappa shape index (κ1) is 24.3. The van der Waals surface area contributed by atoms with Crippen molar-refractivity contribution >= 4 is 35.3 Å². The number of hydrogen-bond acceptors (Lipinski definition) is 4. The van der Waals surface area contributed by atoms with E-state index in [1.807, 2.05) is 54.6 Å². The van der Waals surface area contributed by atoms with Crippen molar-refractivity contribution < 1.29 is 14.3 Å². The van der Waals surface area contributed by atoms with Crippen LogP contribution in [-0.2, 0) is 13.2 Å². The fourth-order valence-electron chi connectivity index (χ4n) is 3.23. The Morgan fingerprint density at radius 1 is 0.829 bits per heavy atom. The number of benzene rings is 4. The Labute approximate surface area is 213 Å². The van der Waals surface area contributed by atoms with E-state index in [9.17, 15) is 4.79 Å². The third kappa shape index (κ3) is 7.09. The molecule has 5 nitrogen and oxygen atoms in total. The van der Waals surface area contributed by atoms with E-state index in [0.29, 0.717) is 33.7 Å². The van der Waals surface area contributed by atoms with Gasteiger partial charge in [0.05, 0.1) is 11.8 Å². The summed E-state index contributed by atoms with van der Waals surface area (Å²) in [6, 6.07) is 29.5. The SMILES string of the molecule is O=C(N/N=C\c1cccc(OCc2ccccc2)c1)c1ccccc1OCc1ccc(Cl)cc1Cl. The molecule has 0 spiro atoms. The molecule has 0 aliphatic rings. The van der Waals surface area contributed by atoms with Crippen molar-refractivity contribution in [1.29, 1.82) is 0 Å². The second-order valence-electron chi connectivity index (χ2n) is 7.57. The molecule has 176 valence electrons. The number of nitrogens with one attached hydrogen (secondary N) is 1. The van der Waals surface area contributed by atoms with E-state index in [-0.39, 0.29) is 6.61 Å². The zero-order valence-electron chi connectivity index (χ0n) is 18.7. The van der Waals surface area contributed by atoms with Crippen molar-refractivity contribution in [2.75, 3.05) is 0 Å². The number of hydrogen-bond donors (Lipinski definition) is 1. The maximum absolute atomic E-state index is 12.7. The summed E-state index contributed by atoms with van der Waals surface area (Å²) in [6.07, 6.45) is 1.56. The molecule has 1 amide bonds. The predicted molar refractivity (Wildman–Crippen MR) is 140 cm³/mol. The van der Waals surface area contributed by atoms with Gasteiger partial charge < -0.3 is 9.47 Å². The van der Waals surface area contributed by atoms with Crippen LogP contribution in [0.1, 0.15) is 27.0 Å². The van der Waals surface area contributed by atoms with Crippen LogP contribution in [0.4, 0.5) is 0 Å². The molecule has 0 radical (unpaired) electrons. The molecule has 0 saturated carbocycles. The van der Waals surface area contributed by atoms with Gasteiger partial charge in [-0.3, -0.25) is 4.79 Å². The Balaban J connectivity index is 1.36. The summed E-state index contributed by atoms with van der Waals surface area (Å²) in [6.45, 7) is 0.662. The van der Waals surface area contributed by atoms with Crippen LogP contribution in [0.3, 0.4) is 0 Å². The highest BCUT2D eigenvalue weighted by atomic mass is 35.5. The molecule has 0 fully saturated rings. The average Bonchev–Trinajstić information content (AvgIpc) is 2.88. The lowest BCUT2D eigenvalue weighted by Crippen LogP contribution is -2.18. The first-order chi connectivity index (χ1) is 17.1. The van der Waals surface area contributed by atoms with Gasteiger partial charge in [-0.1, -0.05) is 83.9 Å². The zero-order chi connectivity index (χ0) is 24.5. The fraction of sp³-hybridized carbons (Fsp3) is 0.0714. The summed E-state index contributed by atoms with van der Waals surface area (Å²) in [5, 5.41) is 5.13. The number of carbonyl (C=O) groups is 1. The molecule has 7 heteroatoms. The number of amides is 1. The lowest BCUT2D eigenvalue weighted by molar-refractivity contribution is 0.0950. The first-order valence-electron chi connectivity index (χ1n) is 10.8. The van der Waals surface area contributed by atoms with E-state index in [1.165, 1.54) is 0 Å². The first-order valence-corrected chi connectivity index (χ1v) is 11.6. The van der Waals surface area contributed by atoms with E-state index in [0.717, 1.165) is 16.7 Å². The number of rotatable bonds is 9. The van der Waals surface area contributed by atoms with E-state index in [2.05, 4.69) is 10.5 Å². The van der Waals surface area contributed by atoms with Gasteiger partial charge in [0, 0.05) is 15.6 Å². The van der Waals surface area contributed by atoms with Crippen LogP contribution in [0.5, 0.6) is 11.5 Å². The Kier molecular flexibility index (Phi) is 8.39. The number of carbonyl (C=O) groups excluding carboxylic acids is 1. The maximum atomic E-state index is 12.7. The van der Waals surface area contributed by atoms with Crippen molar-refractivity contribution in [2.24, 2.45) is 5.10 Å². The standard InChI is InChI=1S/C28H22Cl2N2O3/c29-23-14-13-22(26(30)16-23)19-35-27-12-5-4-11-25(27)28(33)32-31-17-21-9-6-10-24(15-21)34-18-20-7-2-1-3-8-20/h1-17H,18-19H2,(H,32,33)/b31-17-. The Bertz CT molecular complexity index is 1330. The second kappa shape index (κ2) is 12.1. The number of ether oxygens (including phenoxy) is 2. The van der Waals surface area contributed by atoms with Crippen molar-refractivity contribution in [3.8, 4) is 11.5 Å². The number of nitrogens with zero attached hydrogens (tertiary/aromatic N) is 1. The van der Waals surface area contributed by atoms with Gasteiger partial charge in [-0.15, -0.1) is 0 Å². The summed E-state index contributed by atoms with van der Waals surface area (Å²) in [7, 11) is 0. The highest BCUT2D eigenvalue weighted by Gasteiger charge is 2.12. The van der Waals surface area contributed by atoms with Crippen LogP contribution in [0.2, 0.25) is 10.0 Å². The van der Waals surface area contributed by atoms with Crippen molar-refractivity contribution in [2.45, 2.75) is 13.2 Å². The van der Waals surface area contributed by atoms with Crippen LogP contribution in [0.15, 0.2) is 102 Å². The van der Waals surface area contributed by atoms with Crippen LogP contribution in [-0.4, -0.2) is 12.1 Å². The smallest absolute Gasteiger partial charge is 0.275 e. The van der Waals surface area contributed by atoms with Gasteiger partial charge in [0.25, 0.3) is 5.91 Å². The highest BCUT2D eigenvalue weighted by Crippen LogP contribution is 2.24. The number of hydrazone groups is 1. The minimum absolute atomic E-state index is 0.194. The van der Waals surface area contributed by atoms with Gasteiger partial charge in [0.15, 0.2) is 0 Å². The zero-order valence-corrected chi connectivity index (χ0v) is 20.2. The quantitative estimate of drug-likeness (QED) is 0.199. The topological polar surface area (TPSA) is 59.9 Å². The molecule has 0 unspecified atom stereocenters. The Morgan fingerprint density at radius 2 is 1.63 bits per heavy atom. The second-order valence-corrected chi connectivity index (χ2v) is 8.41. The molecule has 1 N–H and O–H groups in total. The van der Waals surface area contributed by atoms with E-state index in [1.54, 1.807) is 48.7 Å². The Hall–Kier alpha value is -3.80. The molecule has 35 heavy (non-hydrogen) atoms. The molecule has 0 aliphatic heterocycles. The van der Waals surface area contributed by atoms with Gasteiger partial charge in [0.1, 0.15) is 24.7 Å². The van der Waals surface area contributed by atoms with Crippen molar-refractivity contribution in [1.82, 2.24) is 5.43 Å². The van der Waals surface area contributed by atoms with E-state index < -0.39 is 5.91 Å². The third-order valence-electron chi connectivity index (χ3n) is 5.02. The molecule has 0 heterocycles. The number of halogens is 2. The van der Waals surface area contributed by atoms with Crippen LogP contribution in [0, 0.1) is 0 Å². The summed E-state index contributed by atoms with van der Waals surface area (Å²) >= 11 is 12.2. The highest BCUT2D eigenvalue weighted by molar-refractivity contribution is 6.35. The van der Waals surface area contributed by atoms with E-state index in [4.69, 9.17) is 32.7 Å². The monoisotopic (exact) mass is 504 g/mol. The molecule has 4 rings (SSSR count). The summed E-state index contributed by atoms with van der Waals surface area (Å²) in [5.41, 5.74) is 5.54. The summed E-state index contributed by atoms with van der Waals surface area (Å²) in [4.78, 5) is 12.7. The number of para-hydroxylation sites is 1.